The smallest absolute Gasteiger partial charge is 0.236 e. The van der Waals surface area contributed by atoms with Crippen molar-refractivity contribution in [2.24, 2.45) is 5.92 Å². The van der Waals surface area contributed by atoms with Crippen LogP contribution in [0.5, 0.6) is 0 Å². The molecule has 0 radical (unpaired) electrons. The lowest BCUT2D eigenvalue weighted by molar-refractivity contribution is -0.130. The number of piperidine rings is 1. The van der Waals surface area contributed by atoms with E-state index in [0.29, 0.717) is 5.92 Å². The molecule has 2 aromatic rings. The van der Waals surface area contributed by atoms with E-state index in [1.807, 2.05) is 24.9 Å². The van der Waals surface area contributed by atoms with E-state index < -0.39 is 0 Å². The molecule has 3 heterocycles. The highest BCUT2D eigenvalue weighted by atomic mass is 32.2. The van der Waals surface area contributed by atoms with Gasteiger partial charge in [-0.15, -0.1) is 11.8 Å². The number of thioether (sulfide) groups is 1. The van der Waals surface area contributed by atoms with Gasteiger partial charge in [-0.05, 0) is 69.0 Å². The van der Waals surface area contributed by atoms with Crippen molar-refractivity contribution in [2.45, 2.75) is 42.9 Å². The van der Waals surface area contributed by atoms with Crippen LogP contribution >= 0.6 is 11.8 Å². The zero-order valence-corrected chi connectivity index (χ0v) is 17.0. The first kappa shape index (κ1) is 18.6. The SMILES string of the molecule is Cc1ccc(CN2CCC(CN(C)C(=O)C3Cc4ccccc4S3)CC2)o1. The molecule has 1 saturated heterocycles. The van der Waals surface area contributed by atoms with E-state index in [1.54, 1.807) is 11.8 Å². The van der Waals surface area contributed by atoms with E-state index in [9.17, 15) is 4.79 Å². The summed E-state index contributed by atoms with van der Waals surface area (Å²) in [6.45, 7) is 5.92. The van der Waals surface area contributed by atoms with Crippen LogP contribution in [0.4, 0.5) is 0 Å². The molecule has 4 rings (SSSR count). The number of benzene rings is 1. The largest absolute Gasteiger partial charge is 0.465 e. The Balaban J connectivity index is 1.23. The molecule has 1 fully saturated rings. The number of furan rings is 1. The zero-order chi connectivity index (χ0) is 18.8. The average Bonchev–Trinajstić information content (AvgIpc) is 3.28. The Morgan fingerprint density at radius 2 is 2.00 bits per heavy atom. The lowest BCUT2D eigenvalue weighted by atomic mass is 9.96. The summed E-state index contributed by atoms with van der Waals surface area (Å²) >= 11 is 1.73. The van der Waals surface area contributed by atoms with Crippen LogP contribution < -0.4 is 0 Å². The number of carbonyl (C=O) groups excluding carboxylic acids is 1. The van der Waals surface area contributed by atoms with Crippen molar-refractivity contribution in [3.8, 4) is 0 Å². The van der Waals surface area contributed by atoms with E-state index >= 15 is 0 Å². The fourth-order valence-corrected chi connectivity index (χ4v) is 5.47. The van der Waals surface area contributed by atoms with Crippen LogP contribution in [0.3, 0.4) is 0 Å². The maximum atomic E-state index is 12.9. The summed E-state index contributed by atoms with van der Waals surface area (Å²) < 4.78 is 5.70. The van der Waals surface area contributed by atoms with E-state index in [4.69, 9.17) is 4.42 Å². The monoisotopic (exact) mass is 384 g/mol. The number of fused-ring (bicyclic) bond motifs is 1. The van der Waals surface area contributed by atoms with Crippen LogP contribution in [0.1, 0.15) is 29.9 Å². The minimum absolute atomic E-state index is 0.0506. The van der Waals surface area contributed by atoms with E-state index in [-0.39, 0.29) is 11.2 Å². The molecule has 0 bridgehead atoms. The number of likely N-dealkylation sites (tertiary alicyclic amines) is 1. The van der Waals surface area contributed by atoms with Gasteiger partial charge in [-0.25, -0.2) is 0 Å². The number of aryl methyl sites for hydroxylation is 1. The summed E-state index contributed by atoms with van der Waals surface area (Å²) in [5, 5.41) is 0.0506. The molecule has 1 atom stereocenters. The molecule has 0 saturated carbocycles. The Morgan fingerprint density at radius 1 is 1.22 bits per heavy atom. The third-order valence-corrected chi connectivity index (χ3v) is 7.02. The van der Waals surface area contributed by atoms with Crippen LogP contribution in [0.2, 0.25) is 0 Å². The number of rotatable bonds is 5. The summed E-state index contributed by atoms with van der Waals surface area (Å²) in [4.78, 5) is 18.6. The molecule has 0 aliphatic carbocycles. The third kappa shape index (κ3) is 4.41. The molecule has 2 aliphatic rings. The number of carbonyl (C=O) groups is 1. The molecular weight excluding hydrogens is 356 g/mol. The van der Waals surface area contributed by atoms with Crippen LogP contribution in [0.15, 0.2) is 45.7 Å². The maximum absolute atomic E-state index is 12.9. The molecule has 144 valence electrons. The van der Waals surface area contributed by atoms with Gasteiger partial charge in [-0.2, -0.15) is 0 Å². The molecule has 4 nitrogen and oxygen atoms in total. The summed E-state index contributed by atoms with van der Waals surface area (Å²) in [6.07, 6.45) is 3.16. The summed E-state index contributed by atoms with van der Waals surface area (Å²) in [5.74, 6) is 2.91. The summed E-state index contributed by atoms with van der Waals surface area (Å²) in [7, 11) is 1.98. The van der Waals surface area contributed by atoms with Crippen molar-refractivity contribution in [3.05, 3.63) is 53.5 Å². The highest BCUT2D eigenvalue weighted by Crippen LogP contribution is 2.37. The molecule has 0 N–H and O–H groups in total. The van der Waals surface area contributed by atoms with Gasteiger partial charge >= 0.3 is 0 Å². The molecule has 27 heavy (non-hydrogen) atoms. The van der Waals surface area contributed by atoms with Gasteiger partial charge in [-0.1, -0.05) is 18.2 Å². The van der Waals surface area contributed by atoms with Crippen molar-refractivity contribution in [2.75, 3.05) is 26.7 Å². The molecule has 1 amide bonds. The number of hydrogen-bond donors (Lipinski definition) is 0. The second-order valence-corrected chi connectivity index (χ2v) is 9.11. The first-order valence-corrected chi connectivity index (χ1v) is 10.7. The molecule has 1 unspecified atom stereocenters. The third-order valence-electron chi connectivity index (χ3n) is 5.71. The van der Waals surface area contributed by atoms with Crippen LogP contribution in [-0.2, 0) is 17.8 Å². The van der Waals surface area contributed by atoms with Crippen LogP contribution in [0, 0.1) is 12.8 Å². The van der Waals surface area contributed by atoms with Gasteiger partial charge in [0.1, 0.15) is 11.5 Å². The molecule has 5 heteroatoms. The second-order valence-electron chi connectivity index (χ2n) is 7.87. The van der Waals surface area contributed by atoms with Crippen LogP contribution in [0.25, 0.3) is 0 Å². The first-order valence-electron chi connectivity index (χ1n) is 9.85. The van der Waals surface area contributed by atoms with Crippen LogP contribution in [-0.4, -0.2) is 47.6 Å². The lowest BCUT2D eigenvalue weighted by Gasteiger charge is -2.34. The van der Waals surface area contributed by atoms with Gasteiger partial charge in [0, 0.05) is 18.5 Å². The average molecular weight is 385 g/mol. The predicted molar refractivity (Wildman–Crippen MR) is 109 cm³/mol. The minimum atomic E-state index is 0.0506. The molecule has 2 aliphatic heterocycles. The van der Waals surface area contributed by atoms with Gasteiger partial charge in [0.05, 0.1) is 11.8 Å². The highest BCUT2D eigenvalue weighted by Gasteiger charge is 2.31. The normalized spacial score (nSPS) is 20.6. The molecular formula is C22H28N2O2S. The zero-order valence-electron chi connectivity index (χ0n) is 16.2. The molecule has 1 aromatic carbocycles. The van der Waals surface area contributed by atoms with Gasteiger partial charge in [0.2, 0.25) is 5.91 Å². The van der Waals surface area contributed by atoms with E-state index in [2.05, 4.69) is 35.2 Å². The Bertz CT molecular complexity index is 770. The standard InChI is InChI=1S/C22H28N2O2S/c1-16-7-8-19(26-16)15-24-11-9-17(10-12-24)14-23(2)22(25)21-13-18-5-3-4-6-20(18)27-21/h3-8,17,21H,9-15H2,1-2H3. The number of nitrogens with zero attached hydrogens (tertiary/aromatic N) is 2. The van der Waals surface area contributed by atoms with E-state index in [0.717, 1.165) is 57.0 Å². The maximum Gasteiger partial charge on any atom is 0.236 e. The topological polar surface area (TPSA) is 36.7 Å². The van der Waals surface area contributed by atoms with Gasteiger partial charge < -0.3 is 9.32 Å². The Morgan fingerprint density at radius 3 is 2.70 bits per heavy atom. The van der Waals surface area contributed by atoms with Gasteiger partial charge in [0.25, 0.3) is 0 Å². The van der Waals surface area contributed by atoms with Crippen molar-refractivity contribution in [1.29, 1.82) is 0 Å². The lowest BCUT2D eigenvalue weighted by Crippen LogP contribution is -2.41. The van der Waals surface area contributed by atoms with Crippen molar-refractivity contribution in [1.82, 2.24) is 9.80 Å². The summed E-state index contributed by atoms with van der Waals surface area (Å²) in [6, 6.07) is 12.5. The highest BCUT2D eigenvalue weighted by molar-refractivity contribution is 8.01. The first-order chi connectivity index (χ1) is 13.1. The number of hydrogen-bond acceptors (Lipinski definition) is 4. The van der Waals surface area contributed by atoms with Gasteiger partial charge in [-0.3, -0.25) is 9.69 Å². The Kier molecular flexibility index (Phi) is 5.60. The van der Waals surface area contributed by atoms with Crippen molar-refractivity contribution >= 4 is 17.7 Å². The fourth-order valence-electron chi connectivity index (χ4n) is 4.16. The minimum Gasteiger partial charge on any atom is -0.465 e. The fraction of sp³-hybridized carbons (Fsp3) is 0.500. The van der Waals surface area contributed by atoms with Crippen molar-refractivity contribution in [3.63, 3.8) is 0 Å². The summed E-state index contributed by atoms with van der Waals surface area (Å²) in [5.41, 5.74) is 1.32. The quantitative estimate of drug-likeness (QED) is 0.781. The second kappa shape index (κ2) is 8.11. The molecule has 1 aromatic heterocycles. The van der Waals surface area contributed by atoms with Gasteiger partial charge in [0.15, 0.2) is 0 Å². The van der Waals surface area contributed by atoms with E-state index in [1.165, 1.54) is 10.5 Å². The Labute approximate surface area is 165 Å². The number of amides is 1. The molecule has 0 spiro atoms. The predicted octanol–water partition coefficient (Wildman–Crippen LogP) is 3.98. The Hall–Kier alpha value is -1.72. The van der Waals surface area contributed by atoms with Crippen molar-refractivity contribution < 1.29 is 9.21 Å².